The number of hydrogen-bond acceptors (Lipinski definition) is 3. The number of methoxy groups -OCH3 is 1. The van der Waals surface area contributed by atoms with E-state index in [1.165, 1.54) is 0 Å². The van der Waals surface area contributed by atoms with Crippen LogP contribution in [0.15, 0.2) is 18.8 Å². The molecule has 0 atom stereocenters. The van der Waals surface area contributed by atoms with Gasteiger partial charge >= 0.3 is 0 Å². The SMILES string of the molecule is C=Cc1c(N)ccnc1OC. The molecule has 0 radical (unpaired) electrons. The summed E-state index contributed by atoms with van der Waals surface area (Å²) in [4.78, 5) is 3.96. The van der Waals surface area contributed by atoms with Crippen LogP contribution in [0.2, 0.25) is 0 Å². The Morgan fingerprint density at radius 2 is 2.45 bits per heavy atom. The Bertz CT molecular complexity index is 271. The summed E-state index contributed by atoms with van der Waals surface area (Å²) in [7, 11) is 1.55. The number of pyridine rings is 1. The van der Waals surface area contributed by atoms with Crippen LogP contribution >= 0.6 is 0 Å². The fraction of sp³-hybridized carbons (Fsp3) is 0.125. The van der Waals surface area contributed by atoms with Crippen LogP contribution in [0.3, 0.4) is 0 Å². The molecule has 1 heterocycles. The fourth-order valence-corrected chi connectivity index (χ4v) is 0.836. The molecule has 58 valence electrons. The molecule has 0 amide bonds. The van der Waals surface area contributed by atoms with E-state index in [0.717, 1.165) is 5.56 Å². The molecular weight excluding hydrogens is 140 g/mol. The van der Waals surface area contributed by atoms with Crippen LogP contribution in [-0.4, -0.2) is 12.1 Å². The Morgan fingerprint density at radius 3 is 2.91 bits per heavy atom. The summed E-state index contributed by atoms with van der Waals surface area (Å²) in [6.07, 6.45) is 3.22. The van der Waals surface area contributed by atoms with Crippen LogP contribution < -0.4 is 10.5 Å². The lowest BCUT2D eigenvalue weighted by molar-refractivity contribution is 0.397. The smallest absolute Gasteiger partial charge is 0.222 e. The van der Waals surface area contributed by atoms with Crippen LogP contribution in [-0.2, 0) is 0 Å². The zero-order chi connectivity index (χ0) is 8.27. The number of rotatable bonds is 2. The molecule has 0 spiro atoms. The van der Waals surface area contributed by atoms with Crippen molar-refractivity contribution >= 4 is 11.8 Å². The first-order chi connectivity index (χ1) is 5.29. The highest BCUT2D eigenvalue weighted by Crippen LogP contribution is 2.21. The first-order valence-corrected chi connectivity index (χ1v) is 3.20. The van der Waals surface area contributed by atoms with Gasteiger partial charge in [-0.3, -0.25) is 0 Å². The van der Waals surface area contributed by atoms with E-state index in [1.54, 1.807) is 25.4 Å². The number of nitrogens with zero attached hydrogens (tertiary/aromatic N) is 1. The molecular formula is C8H10N2O. The first kappa shape index (κ1) is 7.60. The van der Waals surface area contributed by atoms with Crippen molar-refractivity contribution in [1.82, 2.24) is 4.98 Å². The van der Waals surface area contributed by atoms with Gasteiger partial charge in [0.2, 0.25) is 5.88 Å². The Balaban J connectivity index is 3.24. The molecule has 0 aliphatic carbocycles. The van der Waals surface area contributed by atoms with E-state index >= 15 is 0 Å². The monoisotopic (exact) mass is 150 g/mol. The maximum atomic E-state index is 5.62. The van der Waals surface area contributed by atoms with E-state index in [-0.39, 0.29) is 0 Å². The van der Waals surface area contributed by atoms with E-state index in [4.69, 9.17) is 10.5 Å². The lowest BCUT2D eigenvalue weighted by Crippen LogP contribution is -1.95. The average molecular weight is 150 g/mol. The molecule has 0 aliphatic rings. The number of nitrogen functional groups attached to an aromatic ring is 1. The van der Waals surface area contributed by atoms with Crippen molar-refractivity contribution in [2.75, 3.05) is 12.8 Å². The van der Waals surface area contributed by atoms with Crippen molar-refractivity contribution in [3.8, 4) is 5.88 Å². The molecule has 2 N–H and O–H groups in total. The van der Waals surface area contributed by atoms with E-state index in [9.17, 15) is 0 Å². The van der Waals surface area contributed by atoms with Gasteiger partial charge < -0.3 is 10.5 Å². The fourth-order valence-electron chi connectivity index (χ4n) is 0.836. The van der Waals surface area contributed by atoms with Gasteiger partial charge in [0.15, 0.2) is 0 Å². The van der Waals surface area contributed by atoms with Gasteiger partial charge in [-0.15, -0.1) is 0 Å². The van der Waals surface area contributed by atoms with E-state index in [2.05, 4.69) is 11.6 Å². The van der Waals surface area contributed by atoms with Crippen molar-refractivity contribution < 1.29 is 4.74 Å². The third-order valence-corrected chi connectivity index (χ3v) is 1.38. The summed E-state index contributed by atoms with van der Waals surface area (Å²) in [5, 5.41) is 0. The molecule has 1 aromatic rings. The number of ether oxygens (including phenoxy) is 1. The second-order valence-electron chi connectivity index (χ2n) is 2.03. The van der Waals surface area contributed by atoms with Crippen molar-refractivity contribution in [2.45, 2.75) is 0 Å². The minimum absolute atomic E-state index is 0.514. The zero-order valence-electron chi connectivity index (χ0n) is 6.37. The maximum absolute atomic E-state index is 5.62. The minimum Gasteiger partial charge on any atom is -0.481 e. The molecule has 0 fully saturated rings. The standard InChI is InChI=1S/C8H10N2O/c1-3-6-7(9)4-5-10-8(6)11-2/h3-5H,1H2,2H3,(H2,9,10). The second-order valence-corrected chi connectivity index (χ2v) is 2.03. The predicted octanol–water partition coefficient (Wildman–Crippen LogP) is 1.32. The molecule has 0 aliphatic heterocycles. The van der Waals surface area contributed by atoms with E-state index < -0.39 is 0 Å². The van der Waals surface area contributed by atoms with Gasteiger partial charge in [-0.2, -0.15) is 0 Å². The number of nitrogens with two attached hydrogens (primary N) is 1. The topological polar surface area (TPSA) is 48.1 Å². The molecule has 11 heavy (non-hydrogen) atoms. The molecule has 0 saturated carbocycles. The van der Waals surface area contributed by atoms with Gasteiger partial charge in [-0.1, -0.05) is 12.7 Å². The van der Waals surface area contributed by atoms with Crippen LogP contribution in [0.1, 0.15) is 5.56 Å². The predicted molar refractivity (Wildman–Crippen MR) is 45.3 cm³/mol. The van der Waals surface area contributed by atoms with E-state index in [0.29, 0.717) is 11.6 Å². The summed E-state index contributed by atoms with van der Waals surface area (Å²) >= 11 is 0. The van der Waals surface area contributed by atoms with E-state index in [1.807, 2.05) is 0 Å². The van der Waals surface area contributed by atoms with Gasteiger partial charge in [-0.25, -0.2) is 4.98 Å². The Labute approximate surface area is 65.5 Å². The number of anilines is 1. The molecule has 1 rings (SSSR count). The molecule has 0 unspecified atom stereocenters. The third-order valence-electron chi connectivity index (χ3n) is 1.38. The van der Waals surface area contributed by atoms with Gasteiger partial charge in [0.05, 0.1) is 12.7 Å². The van der Waals surface area contributed by atoms with Crippen molar-refractivity contribution in [2.24, 2.45) is 0 Å². The lowest BCUT2D eigenvalue weighted by atomic mass is 10.2. The molecule has 3 nitrogen and oxygen atoms in total. The number of aromatic nitrogens is 1. The third kappa shape index (κ3) is 1.32. The largest absolute Gasteiger partial charge is 0.481 e. The maximum Gasteiger partial charge on any atom is 0.222 e. The summed E-state index contributed by atoms with van der Waals surface area (Å²) in [6, 6.07) is 1.71. The average Bonchev–Trinajstić information content (AvgIpc) is 2.04. The van der Waals surface area contributed by atoms with Crippen LogP contribution in [0.4, 0.5) is 5.69 Å². The Kier molecular flexibility index (Phi) is 2.11. The van der Waals surface area contributed by atoms with Crippen LogP contribution in [0, 0.1) is 0 Å². The Hall–Kier alpha value is -1.51. The highest BCUT2D eigenvalue weighted by atomic mass is 16.5. The molecule has 1 aromatic heterocycles. The van der Waals surface area contributed by atoms with Gasteiger partial charge in [0, 0.05) is 11.9 Å². The zero-order valence-corrected chi connectivity index (χ0v) is 6.37. The number of hydrogen-bond donors (Lipinski definition) is 1. The summed E-state index contributed by atoms with van der Waals surface area (Å²) in [5.74, 6) is 0.514. The molecule has 0 saturated heterocycles. The van der Waals surface area contributed by atoms with Gasteiger partial charge in [0.25, 0.3) is 0 Å². The van der Waals surface area contributed by atoms with Crippen molar-refractivity contribution in [1.29, 1.82) is 0 Å². The Morgan fingerprint density at radius 1 is 1.73 bits per heavy atom. The second kappa shape index (κ2) is 3.05. The lowest BCUT2D eigenvalue weighted by Gasteiger charge is -2.04. The summed E-state index contributed by atoms with van der Waals surface area (Å²) < 4.78 is 4.95. The van der Waals surface area contributed by atoms with Crippen molar-refractivity contribution in [3.05, 3.63) is 24.4 Å². The highest BCUT2D eigenvalue weighted by Gasteiger charge is 2.02. The van der Waals surface area contributed by atoms with Gasteiger partial charge in [0.1, 0.15) is 0 Å². The summed E-state index contributed by atoms with van der Waals surface area (Å²) in [5.41, 5.74) is 6.99. The molecule has 0 aromatic carbocycles. The minimum atomic E-state index is 0.514. The normalized spacial score (nSPS) is 9.18. The van der Waals surface area contributed by atoms with Crippen LogP contribution in [0.25, 0.3) is 6.08 Å². The van der Waals surface area contributed by atoms with Crippen LogP contribution in [0.5, 0.6) is 5.88 Å². The first-order valence-electron chi connectivity index (χ1n) is 3.20. The van der Waals surface area contributed by atoms with Crippen molar-refractivity contribution in [3.63, 3.8) is 0 Å². The molecule has 3 heteroatoms. The highest BCUT2D eigenvalue weighted by molar-refractivity contribution is 5.67. The summed E-state index contributed by atoms with van der Waals surface area (Å²) in [6.45, 7) is 3.60. The van der Waals surface area contributed by atoms with Gasteiger partial charge in [-0.05, 0) is 6.07 Å². The molecule has 0 bridgehead atoms. The quantitative estimate of drug-likeness (QED) is 0.691.